The highest BCUT2D eigenvalue weighted by Crippen LogP contribution is 2.21. The number of hydrogen-bond acceptors (Lipinski definition) is 3. The predicted octanol–water partition coefficient (Wildman–Crippen LogP) is 3.29. The van der Waals surface area contributed by atoms with E-state index in [-0.39, 0.29) is 36.4 Å². The van der Waals surface area contributed by atoms with Crippen molar-refractivity contribution in [2.75, 3.05) is 27.2 Å². The van der Waals surface area contributed by atoms with E-state index in [9.17, 15) is 4.79 Å². The number of benzene rings is 2. The van der Waals surface area contributed by atoms with Crippen LogP contribution in [0.5, 0.6) is 5.75 Å². The Hall–Kier alpha value is -2.29. The third kappa shape index (κ3) is 9.17. The van der Waals surface area contributed by atoms with Gasteiger partial charge < -0.3 is 20.7 Å². The largest absolute Gasteiger partial charge is 0.497 e. The highest BCUT2D eigenvalue weighted by molar-refractivity contribution is 14.0. The number of methoxy groups -OCH3 is 1. The summed E-state index contributed by atoms with van der Waals surface area (Å²) in [5, 5.41) is 9.19. The second-order valence-corrected chi connectivity index (χ2v) is 6.58. The lowest BCUT2D eigenvalue weighted by molar-refractivity contribution is -0.120. The summed E-state index contributed by atoms with van der Waals surface area (Å²) in [6.45, 7) is 3.66. The van der Waals surface area contributed by atoms with E-state index in [0.29, 0.717) is 18.4 Å². The molecule has 0 aliphatic heterocycles. The summed E-state index contributed by atoms with van der Waals surface area (Å²) in [6.07, 6.45) is 0.952. The molecule has 0 saturated heterocycles. The van der Waals surface area contributed by atoms with Crippen LogP contribution in [0.2, 0.25) is 0 Å². The smallest absolute Gasteiger partial charge is 0.239 e. The van der Waals surface area contributed by atoms with E-state index in [1.54, 1.807) is 14.2 Å². The van der Waals surface area contributed by atoms with Gasteiger partial charge in [-0.3, -0.25) is 9.79 Å². The van der Waals surface area contributed by atoms with Crippen LogP contribution in [0, 0.1) is 0 Å². The topological polar surface area (TPSA) is 74.8 Å². The zero-order chi connectivity index (χ0) is 20.2. The number of carbonyl (C=O) groups excluding carboxylic acids is 1. The lowest BCUT2D eigenvalue weighted by Crippen LogP contribution is -2.43. The molecule has 2 rings (SSSR count). The molecule has 1 unspecified atom stereocenters. The molecule has 0 bridgehead atoms. The second kappa shape index (κ2) is 13.8. The number of nitrogens with zero attached hydrogens (tertiary/aromatic N) is 1. The summed E-state index contributed by atoms with van der Waals surface area (Å²) in [7, 11) is 3.37. The van der Waals surface area contributed by atoms with Gasteiger partial charge in [0.25, 0.3) is 0 Å². The van der Waals surface area contributed by atoms with Crippen molar-refractivity contribution >= 4 is 35.8 Å². The molecule has 1 atom stereocenters. The molecule has 0 saturated carbocycles. The molecule has 0 heterocycles. The molecule has 0 spiro atoms. The summed E-state index contributed by atoms with van der Waals surface area (Å²) in [4.78, 5) is 16.2. The Morgan fingerprint density at radius 1 is 1.03 bits per heavy atom. The van der Waals surface area contributed by atoms with E-state index >= 15 is 0 Å². The number of aliphatic imine (C=N–C) groups is 1. The van der Waals surface area contributed by atoms with Crippen molar-refractivity contribution < 1.29 is 9.53 Å². The minimum atomic E-state index is -0.0709. The summed E-state index contributed by atoms with van der Waals surface area (Å²) in [5.41, 5.74) is 2.34. The van der Waals surface area contributed by atoms with Gasteiger partial charge in [0.15, 0.2) is 5.96 Å². The maximum atomic E-state index is 12.0. The average Bonchev–Trinajstić information content (AvgIpc) is 2.75. The van der Waals surface area contributed by atoms with Gasteiger partial charge in [0, 0.05) is 20.1 Å². The summed E-state index contributed by atoms with van der Waals surface area (Å²) < 4.78 is 5.20. The van der Waals surface area contributed by atoms with E-state index in [4.69, 9.17) is 4.74 Å². The Morgan fingerprint density at radius 3 is 2.34 bits per heavy atom. The number of carbonyl (C=O) groups is 1. The van der Waals surface area contributed by atoms with E-state index in [0.717, 1.165) is 24.3 Å². The van der Waals surface area contributed by atoms with Gasteiger partial charge in [-0.1, -0.05) is 49.4 Å². The van der Waals surface area contributed by atoms with Gasteiger partial charge in [-0.25, -0.2) is 0 Å². The first-order valence-electron chi connectivity index (χ1n) is 9.51. The number of guanidine groups is 1. The first-order valence-corrected chi connectivity index (χ1v) is 9.51. The number of amides is 1. The van der Waals surface area contributed by atoms with Crippen molar-refractivity contribution in [1.82, 2.24) is 16.0 Å². The molecule has 2 aromatic rings. The minimum absolute atomic E-state index is 0. The Bertz CT molecular complexity index is 751. The van der Waals surface area contributed by atoms with Crippen LogP contribution in [0.1, 0.15) is 30.4 Å². The Labute approximate surface area is 190 Å². The van der Waals surface area contributed by atoms with Crippen molar-refractivity contribution in [2.45, 2.75) is 25.8 Å². The molecule has 1 amide bonds. The fraction of sp³-hybridized carbons (Fsp3) is 0.364. The SMILES string of the molecule is CN=C(NCCC(C)c1ccc(OC)cc1)NCC(=O)NCc1ccccc1.I. The van der Waals surface area contributed by atoms with Crippen molar-refractivity contribution in [2.24, 2.45) is 4.99 Å². The molecule has 0 aromatic heterocycles. The molecule has 6 nitrogen and oxygen atoms in total. The lowest BCUT2D eigenvalue weighted by atomic mass is 9.98. The van der Waals surface area contributed by atoms with Gasteiger partial charge in [0.05, 0.1) is 13.7 Å². The fourth-order valence-electron chi connectivity index (χ4n) is 2.75. The quantitative estimate of drug-likeness (QED) is 0.275. The first kappa shape index (κ1) is 24.7. The summed E-state index contributed by atoms with van der Waals surface area (Å²) in [6, 6.07) is 18.0. The number of rotatable bonds is 9. The zero-order valence-electron chi connectivity index (χ0n) is 17.3. The standard InChI is InChI=1S/C22H30N4O2.HI/c1-17(19-9-11-20(28-3)12-10-19)13-14-24-22(23-2)26-16-21(27)25-15-18-7-5-4-6-8-18;/h4-12,17H,13-16H2,1-3H3,(H,25,27)(H2,23,24,26);1H. The van der Waals surface area contributed by atoms with Crippen molar-refractivity contribution in [1.29, 1.82) is 0 Å². The van der Waals surface area contributed by atoms with E-state index in [1.165, 1.54) is 5.56 Å². The normalized spacial score (nSPS) is 11.8. The monoisotopic (exact) mass is 510 g/mol. The van der Waals surface area contributed by atoms with Crippen LogP contribution in [0.25, 0.3) is 0 Å². The maximum Gasteiger partial charge on any atom is 0.239 e. The van der Waals surface area contributed by atoms with Crippen LogP contribution in [0.4, 0.5) is 0 Å². The molecule has 0 aliphatic rings. The van der Waals surface area contributed by atoms with Crippen LogP contribution >= 0.6 is 24.0 Å². The fourth-order valence-corrected chi connectivity index (χ4v) is 2.75. The lowest BCUT2D eigenvalue weighted by Gasteiger charge is -2.15. The zero-order valence-corrected chi connectivity index (χ0v) is 19.6. The molecule has 158 valence electrons. The van der Waals surface area contributed by atoms with Gasteiger partial charge in [0.1, 0.15) is 5.75 Å². The summed E-state index contributed by atoms with van der Waals surface area (Å²) in [5.74, 6) is 1.82. The molecule has 7 heteroatoms. The van der Waals surface area contributed by atoms with Crippen molar-refractivity contribution in [3.8, 4) is 5.75 Å². The summed E-state index contributed by atoms with van der Waals surface area (Å²) >= 11 is 0. The Balaban J connectivity index is 0.00000420. The van der Waals surface area contributed by atoms with Crippen LogP contribution in [-0.2, 0) is 11.3 Å². The highest BCUT2D eigenvalue weighted by atomic mass is 127. The first-order chi connectivity index (χ1) is 13.6. The maximum absolute atomic E-state index is 12.0. The number of halogens is 1. The van der Waals surface area contributed by atoms with E-state index < -0.39 is 0 Å². The van der Waals surface area contributed by atoms with E-state index in [1.807, 2.05) is 42.5 Å². The molecule has 0 radical (unpaired) electrons. The predicted molar refractivity (Wildman–Crippen MR) is 129 cm³/mol. The second-order valence-electron chi connectivity index (χ2n) is 6.58. The van der Waals surface area contributed by atoms with E-state index in [2.05, 4.69) is 40.0 Å². The van der Waals surface area contributed by atoms with Gasteiger partial charge in [-0.15, -0.1) is 24.0 Å². The molecular formula is C22H31IN4O2. The molecule has 29 heavy (non-hydrogen) atoms. The minimum Gasteiger partial charge on any atom is -0.497 e. The van der Waals surface area contributed by atoms with Crippen LogP contribution < -0.4 is 20.7 Å². The molecular weight excluding hydrogens is 479 g/mol. The average molecular weight is 510 g/mol. The van der Waals surface area contributed by atoms with Gasteiger partial charge >= 0.3 is 0 Å². The number of hydrogen-bond donors (Lipinski definition) is 3. The highest BCUT2D eigenvalue weighted by Gasteiger charge is 2.07. The number of nitrogens with one attached hydrogen (secondary N) is 3. The third-order valence-electron chi connectivity index (χ3n) is 4.53. The van der Waals surface area contributed by atoms with Crippen LogP contribution in [0.15, 0.2) is 59.6 Å². The van der Waals surface area contributed by atoms with Crippen molar-refractivity contribution in [3.05, 3.63) is 65.7 Å². The van der Waals surface area contributed by atoms with Crippen molar-refractivity contribution in [3.63, 3.8) is 0 Å². The third-order valence-corrected chi connectivity index (χ3v) is 4.53. The molecule has 2 aromatic carbocycles. The van der Waals surface area contributed by atoms with Gasteiger partial charge in [0.2, 0.25) is 5.91 Å². The number of ether oxygens (including phenoxy) is 1. The van der Waals surface area contributed by atoms with Gasteiger partial charge in [-0.05, 0) is 35.6 Å². The Kier molecular flexibility index (Phi) is 11.8. The Morgan fingerprint density at radius 2 is 1.72 bits per heavy atom. The van der Waals surface area contributed by atoms with Crippen LogP contribution in [0.3, 0.4) is 0 Å². The van der Waals surface area contributed by atoms with Crippen LogP contribution in [-0.4, -0.2) is 39.1 Å². The molecule has 0 fully saturated rings. The molecule has 0 aliphatic carbocycles. The molecule has 3 N–H and O–H groups in total. The van der Waals surface area contributed by atoms with Gasteiger partial charge in [-0.2, -0.15) is 0 Å².